The average molecular weight is 326 g/mol. The van der Waals surface area contributed by atoms with Crippen molar-refractivity contribution in [3.05, 3.63) is 60.4 Å². The fraction of sp³-hybridized carbons (Fsp3) is 0.0625. The predicted molar refractivity (Wildman–Crippen MR) is 85.4 cm³/mol. The van der Waals surface area contributed by atoms with Gasteiger partial charge in [-0.25, -0.2) is 14.7 Å². The summed E-state index contributed by atoms with van der Waals surface area (Å²) in [6.07, 6.45) is 1.61. The first-order valence-corrected chi connectivity index (χ1v) is 7.06. The van der Waals surface area contributed by atoms with Crippen molar-refractivity contribution in [3.63, 3.8) is 0 Å². The fourth-order valence-corrected chi connectivity index (χ4v) is 2.04. The highest BCUT2D eigenvalue weighted by Gasteiger charge is 2.08. The van der Waals surface area contributed by atoms with E-state index in [1.165, 1.54) is 12.1 Å². The smallest absolute Gasteiger partial charge is 0.335 e. The number of nitrogens with one attached hydrogen (secondary N) is 2. The molecule has 3 N–H and O–H groups in total. The Bertz CT molecular complexity index is 859. The molecular weight excluding hydrogens is 312 g/mol. The summed E-state index contributed by atoms with van der Waals surface area (Å²) >= 11 is 0. The molecule has 0 bridgehead atoms. The molecule has 3 aromatic rings. The van der Waals surface area contributed by atoms with Gasteiger partial charge >= 0.3 is 5.97 Å². The molecule has 8 heteroatoms. The van der Waals surface area contributed by atoms with Gasteiger partial charge in [-0.05, 0) is 30.3 Å². The van der Waals surface area contributed by atoms with Crippen LogP contribution < -0.4 is 10.1 Å². The lowest BCUT2D eigenvalue weighted by molar-refractivity contribution is -0.118. The highest BCUT2D eigenvalue weighted by molar-refractivity contribution is 5.94. The second kappa shape index (κ2) is 6.69. The number of carboxylic acid groups (broad SMARTS) is 1. The van der Waals surface area contributed by atoms with Crippen molar-refractivity contribution in [2.45, 2.75) is 0 Å². The molecule has 0 radical (unpaired) electrons. The fourth-order valence-electron chi connectivity index (χ4n) is 2.04. The molecule has 0 aliphatic carbocycles. The third-order valence-corrected chi connectivity index (χ3v) is 3.20. The zero-order chi connectivity index (χ0) is 16.9. The second-order valence-electron chi connectivity index (χ2n) is 4.93. The minimum Gasteiger partial charge on any atom is -0.484 e. The number of aromatic amines is 1. The van der Waals surface area contributed by atoms with E-state index in [-0.39, 0.29) is 18.1 Å². The van der Waals surface area contributed by atoms with Crippen LogP contribution in [0, 0.1) is 0 Å². The van der Waals surface area contributed by atoms with E-state index in [0.717, 1.165) is 5.69 Å². The van der Waals surface area contributed by atoms with Crippen LogP contribution in [0.15, 0.2) is 54.9 Å². The summed E-state index contributed by atoms with van der Waals surface area (Å²) in [6, 6.07) is 13.2. The summed E-state index contributed by atoms with van der Waals surface area (Å²) < 4.78 is 7.15. The highest BCUT2D eigenvalue weighted by atomic mass is 16.5. The lowest BCUT2D eigenvalue weighted by Gasteiger charge is -2.11. The van der Waals surface area contributed by atoms with Crippen molar-refractivity contribution in [1.82, 2.24) is 15.0 Å². The van der Waals surface area contributed by atoms with Crippen LogP contribution >= 0.6 is 0 Å². The summed E-state index contributed by atoms with van der Waals surface area (Å²) in [6.45, 7) is -0.192. The lowest BCUT2D eigenvalue weighted by atomic mass is 10.2. The molecule has 0 saturated heterocycles. The zero-order valence-corrected chi connectivity index (χ0v) is 12.5. The van der Waals surface area contributed by atoms with Gasteiger partial charge in [-0.2, -0.15) is 0 Å². The molecule has 0 fully saturated rings. The van der Waals surface area contributed by atoms with Crippen LogP contribution in [0.4, 0.5) is 5.69 Å². The predicted octanol–water partition coefficient (Wildman–Crippen LogP) is 1.92. The van der Waals surface area contributed by atoms with E-state index in [0.29, 0.717) is 11.4 Å². The molecule has 24 heavy (non-hydrogen) atoms. The topological polar surface area (TPSA) is 109 Å². The Labute approximate surface area is 136 Å². The number of nitrogens with zero attached hydrogens (tertiary/aromatic N) is 2. The van der Waals surface area contributed by atoms with Gasteiger partial charge in [-0.1, -0.05) is 12.1 Å². The summed E-state index contributed by atoms with van der Waals surface area (Å²) in [5.41, 5.74) is 1.33. The largest absolute Gasteiger partial charge is 0.484 e. The van der Waals surface area contributed by atoms with Gasteiger partial charge < -0.3 is 15.2 Å². The van der Waals surface area contributed by atoms with Gasteiger partial charge in [0.1, 0.15) is 12.1 Å². The van der Waals surface area contributed by atoms with E-state index in [9.17, 15) is 9.59 Å². The van der Waals surface area contributed by atoms with E-state index in [1.54, 1.807) is 41.3 Å². The van der Waals surface area contributed by atoms with Gasteiger partial charge in [0.25, 0.3) is 5.91 Å². The molecule has 1 heterocycles. The van der Waals surface area contributed by atoms with E-state index in [4.69, 9.17) is 9.84 Å². The number of carboxylic acids is 1. The van der Waals surface area contributed by atoms with Gasteiger partial charge in [0.05, 0.1) is 11.3 Å². The van der Waals surface area contributed by atoms with Crippen LogP contribution in [0.3, 0.4) is 0 Å². The number of anilines is 1. The van der Waals surface area contributed by atoms with Crippen LogP contribution in [-0.4, -0.2) is 38.6 Å². The third kappa shape index (κ3) is 3.61. The molecule has 3 rings (SSSR count). The standard InChI is InChI=1S/C16H14N4O4/c21-15(18-12-4-1-3-11(7-12)16(22)23)9-24-14-6-2-5-13(8-14)20-10-17-19-20/h1-8,10,19H,9H2,(H,18,21)(H,22,23). The second-order valence-corrected chi connectivity index (χ2v) is 4.93. The molecule has 0 saturated carbocycles. The van der Waals surface area contributed by atoms with Gasteiger partial charge in [-0.15, -0.1) is 5.10 Å². The maximum absolute atomic E-state index is 11.9. The van der Waals surface area contributed by atoms with Crippen molar-refractivity contribution in [2.75, 3.05) is 11.9 Å². The quantitative estimate of drug-likeness (QED) is 0.641. The van der Waals surface area contributed by atoms with Gasteiger partial charge in [0.15, 0.2) is 6.61 Å². The SMILES string of the molecule is O=C(COc1cccc(-n2cn[nH]2)c1)Nc1cccc(C(=O)O)c1. The Hall–Kier alpha value is -3.55. The molecule has 8 nitrogen and oxygen atoms in total. The van der Waals surface area contributed by atoms with E-state index < -0.39 is 5.97 Å². The number of ether oxygens (including phenoxy) is 1. The molecule has 1 amide bonds. The first-order valence-electron chi connectivity index (χ1n) is 7.06. The molecule has 0 aliphatic heterocycles. The number of carbonyl (C=O) groups is 2. The van der Waals surface area contributed by atoms with Crippen LogP contribution in [0.25, 0.3) is 5.69 Å². The number of rotatable bonds is 6. The molecule has 0 unspecified atom stereocenters. The number of amides is 1. The Morgan fingerprint density at radius 2 is 2.00 bits per heavy atom. The van der Waals surface area contributed by atoms with Crippen molar-refractivity contribution >= 4 is 17.6 Å². The monoisotopic (exact) mass is 326 g/mol. The van der Waals surface area contributed by atoms with Crippen LogP contribution in [0.2, 0.25) is 0 Å². The first-order chi connectivity index (χ1) is 11.6. The Morgan fingerprint density at radius 3 is 2.71 bits per heavy atom. The van der Waals surface area contributed by atoms with Crippen molar-refractivity contribution < 1.29 is 19.4 Å². The molecule has 0 atom stereocenters. The van der Waals surface area contributed by atoms with Crippen molar-refractivity contribution in [3.8, 4) is 11.4 Å². The highest BCUT2D eigenvalue weighted by Crippen LogP contribution is 2.16. The number of hydrogen-bond acceptors (Lipinski definition) is 4. The Balaban J connectivity index is 1.58. The van der Waals surface area contributed by atoms with Crippen molar-refractivity contribution in [1.29, 1.82) is 0 Å². The summed E-state index contributed by atoms with van der Waals surface area (Å²) in [5.74, 6) is -0.905. The molecular formula is C16H14N4O4. The normalized spacial score (nSPS) is 10.3. The minimum absolute atomic E-state index is 0.102. The van der Waals surface area contributed by atoms with Crippen LogP contribution in [0.5, 0.6) is 5.75 Å². The minimum atomic E-state index is -1.05. The summed E-state index contributed by atoms with van der Waals surface area (Å²) in [4.78, 5) is 22.8. The molecule has 122 valence electrons. The lowest BCUT2D eigenvalue weighted by Crippen LogP contribution is -2.20. The van der Waals surface area contributed by atoms with Gasteiger partial charge in [0, 0.05) is 11.8 Å². The average Bonchev–Trinajstić information content (AvgIpc) is 2.52. The Kier molecular flexibility index (Phi) is 4.28. The molecule has 2 aromatic carbocycles. The number of carbonyl (C=O) groups excluding carboxylic acids is 1. The Morgan fingerprint density at radius 1 is 1.21 bits per heavy atom. The number of aromatic carboxylic acids is 1. The van der Waals surface area contributed by atoms with E-state index in [1.807, 2.05) is 6.07 Å². The molecule has 1 aromatic heterocycles. The van der Waals surface area contributed by atoms with Crippen molar-refractivity contribution in [2.24, 2.45) is 0 Å². The molecule has 0 aliphatic rings. The van der Waals surface area contributed by atoms with E-state index in [2.05, 4.69) is 15.6 Å². The number of benzene rings is 2. The first kappa shape index (κ1) is 15.3. The summed E-state index contributed by atoms with van der Waals surface area (Å²) in [5, 5.41) is 18.0. The maximum Gasteiger partial charge on any atom is 0.335 e. The zero-order valence-electron chi connectivity index (χ0n) is 12.5. The summed E-state index contributed by atoms with van der Waals surface area (Å²) in [7, 11) is 0. The number of hydrogen-bond donors (Lipinski definition) is 3. The molecule has 0 spiro atoms. The van der Waals surface area contributed by atoms with E-state index >= 15 is 0 Å². The van der Waals surface area contributed by atoms with Gasteiger partial charge in [-0.3, -0.25) is 4.79 Å². The maximum atomic E-state index is 11.9. The van der Waals surface area contributed by atoms with Crippen LogP contribution in [-0.2, 0) is 4.79 Å². The number of aromatic nitrogens is 3. The third-order valence-electron chi connectivity index (χ3n) is 3.20. The van der Waals surface area contributed by atoms with Gasteiger partial charge in [0.2, 0.25) is 0 Å². The van der Waals surface area contributed by atoms with Crippen LogP contribution in [0.1, 0.15) is 10.4 Å². The number of H-pyrrole nitrogens is 1.